The molecule has 0 aliphatic carbocycles. The molecule has 0 bridgehead atoms. The van der Waals surface area contributed by atoms with Gasteiger partial charge in [-0.1, -0.05) is 72.8 Å². The molecule has 0 spiro atoms. The highest BCUT2D eigenvalue weighted by atomic mass is 35.5. The highest BCUT2D eigenvalue weighted by molar-refractivity contribution is 7.98. The molecule has 228 valence electrons. The van der Waals surface area contributed by atoms with Gasteiger partial charge in [0.25, 0.3) is 5.91 Å². The fourth-order valence-corrected chi connectivity index (χ4v) is 7.58. The summed E-state index contributed by atoms with van der Waals surface area (Å²) in [4.78, 5) is 32.0. The van der Waals surface area contributed by atoms with E-state index < -0.39 is 11.2 Å². The smallest absolute Gasteiger partial charge is 0.278 e. The molecule has 8 nitrogen and oxygen atoms in total. The third kappa shape index (κ3) is 5.73. The summed E-state index contributed by atoms with van der Waals surface area (Å²) in [5, 5.41) is 13.1. The Hall–Kier alpha value is -3.76. The zero-order chi connectivity index (χ0) is 29.3. The molecule has 44 heavy (non-hydrogen) atoms. The maximum atomic E-state index is 14.0. The Labute approximate surface area is 267 Å². The van der Waals surface area contributed by atoms with Crippen LogP contribution in [0.1, 0.15) is 45.2 Å². The number of hydrogen-bond acceptors (Lipinski definition) is 7. The van der Waals surface area contributed by atoms with Crippen molar-refractivity contribution in [1.29, 1.82) is 0 Å². The van der Waals surface area contributed by atoms with Crippen LogP contribution in [0, 0.1) is 0 Å². The van der Waals surface area contributed by atoms with E-state index in [1.807, 2.05) is 40.9 Å². The lowest BCUT2D eigenvalue weighted by Crippen LogP contribution is -2.58. The maximum Gasteiger partial charge on any atom is 0.278 e. The van der Waals surface area contributed by atoms with E-state index in [1.54, 1.807) is 10.9 Å². The number of nitrogens with zero attached hydrogens (tertiary/aromatic N) is 4. The van der Waals surface area contributed by atoms with Crippen LogP contribution in [0.2, 0.25) is 0 Å². The van der Waals surface area contributed by atoms with Crippen LogP contribution >= 0.6 is 24.2 Å². The van der Waals surface area contributed by atoms with Crippen LogP contribution in [0.4, 0.5) is 0 Å². The van der Waals surface area contributed by atoms with Gasteiger partial charge in [0.2, 0.25) is 5.43 Å². The SMILES string of the molecule is Cl.O=C1c2c(O)c(=O)ccn2N(C2c3ccccc3CSc3ccccc32)CN1[C@@H]1CCN(CCOCc2ccccc2)C1. The molecule has 0 radical (unpaired) electrons. The van der Waals surface area contributed by atoms with Crippen molar-refractivity contribution in [2.75, 3.05) is 37.9 Å². The Morgan fingerprint density at radius 2 is 1.66 bits per heavy atom. The van der Waals surface area contributed by atoms with Crippen LogP contribution in [-0.4, -0.2) is 64.4 Å². The number of carbonyl (C=O) groups excluding carboxylic acids is 1. The number of carbonyl (C=O) groups is 1. The molecular weight excluding hydrogens is 596 g/mol. The summed E-state index contributed by atoms with van der Waals surface area (Å²) >= 11 is 1.81. The Kier molecular flexibility index (Phi) is 9.00. The number of hydrogen-bond donors (Lipinski definition) is 1. The van der Waals surface area contributed by atoms with E-state index in [4.69, 9.17) is 4.74 Å². The molecule has 1 unspecified atom stereocenters. The topological polar surface area (TPSA) is 78.2 Å². The van der Waals surface area contributed by atoms with Gasteiger partial charge >= 0.3 is 0 Å². The second-order valence-electron chi connectivity index (χ2n) is 11.3. The minimum Gasteiger partial charge on any atom is -0.502 e. The lowest BCUT2D eigenvalue weighted by atomic mass is 9.94. The molecule has 10 heteroatoms. The second kappa shape index (κ2) is 13.1. The van der Waals surface area contributed by atoms with Crippen LogP contribution in [0.5, 0.6) is 5.75 Å². The summed E-state index contributed by atoms with van der Waals surface area (Å²) in [5.41, 5.74) is 4.14. The van der Waals surface area contributed by atoms with Gasteiger partial charge in [0.05, 0.1) is 19.3 Å². The maximum absolute atomic E-state index is 14.0. The lowest BCUT2D eigenvalue weighted by Gasteiger charge is -2.46. The average Bonchev–Trinajstić information content (AvgIpc) is 3.44. The van der Waals surface area contributed by atoms with Crippen LogP contribution < -0.4 is 10.4 Å². The van der Waals surface area contributed by atoms with Crippen molar-refractivity contribution in [1.82, 2.24) is 14.5 Å². The molecule has 4 heterocycles. The molecule has 1 saturated heterocycles. The summed E-state index contributed by atoms with van der Waals surface area (Å²) in [6.07, 6.45) is 2.44. The number of pyridine rings is 1. The highest BCUT2D eigenvalue weighted by Crippen LogP contribution is 2.43. The van der Waals surface area contributed by atoms with Gasteiger partial charge in [-0.3, -0.25) is 24.2 Å². The molecule has 1 amide bonds. The predicted octanol–water partition coefficient (Wildman–Crippen LogP) is 5.01. The number of rotatable bonds is 7. The van der Waals surface area contributed by atoms with Crippen molar-refractivity contribution in [2.45, 2.75) is 35.8 Å². The Bertz CT molecular complexity index is 1650. The van der Waals surface area contributed by atoms with Gasteiger partial charge in [-0.2, -0.15) is 0 Å². The minimum atomic E-state index is -0.553. The number of halogens is 1. The second-order valence-corrected chi connectivity index (χ2v) is 12.3. The van der Waals surface area contributed by atoms with E-state index in [9.17, 15) is 14.7 Å². The zero-order valence-corrected chi connectivity index (χ0v) is 25.9. The number of likely N-dealkylation sites (tertiary alicyclic amines) is 1. The van der Waals surface area contributed by atoms with Gasteiger partial charge < -0.3 is 14.7 Å². The number of amides is 1. The van der Waals surface area contributed by atoms with E-state index in [1.165, 1.54) is 16.5 Å². The van der Waals surface area contributed by atoms with Crippen molar-refractivity contribution < 1.29 is 14.6 Å². The molecule has 4 aromatic rings. The molecular formula is C34H35ClN4O4S. The highest BCUT2D eigenvalue weighted by Gasteiger charge is 2.42. The first-order valence-electron chi connectivity index (χ1n) is 14.7. The average molecular weight is 631 g/mol. The monoisotopic (exact) mass is 630 g/mol. The predicted molar refractivity (Wildman–Crippen MR) is 174 cm³/mol. The third-order valence-electron chi connectivity index (χ3n) is 8.69. The third-order valence-corrected chi connectivity index (χ3v) is 9.83. The standard InChI is InChI=1S/C34H34N4O4S.ClH/c39-29-15-17-37-32(33(29)40)34(41)36(26-14-16-35(20-26)18-19-42-21-24-8-2-1-3-9-24)23-38(37)31-27-11-5-4-10-25(27)22-43-30-13-7-6-12-28(30)31;/h1-13,15,17,26,31,40H,14,16,18-23H2;1H/t26-,31?;/m1./s1. The molecule has 1 aromatic heterocycles. The fraction of sp³-hybridized carbons (Fsp3) is 0.294. The molecule has 3 aliphatic rings. The Balaban J connectivity index is 0.00000343. The molecule has 3 aliphatic heterocycles. The number of fused-ring (bicyclic) bond motifs is 3. The molecule has 1 N–H and O–H groups in total. The zero-order valence-electron chi connectivity index (χ0n) is 24.2. The molecule has 2 atom stereocenters. The van der Waals surface area contributed by atoms with E-state index in [0.29, 0.717) is 26.4 Å². The van der Waals surface area contributed by atoms with E-state index in [-0.39, 0.29) is 36.1 Å². The Morgan fingerprint density at radius 1 is 0.909 bits per heavy atom. The van der Waals surface area contributed by atoms with Crippen LogP contribution in [-0.2, 0) is 17.1 Å². The van der Waals surface area contributed by atoms with Crippen molar-refractivity contribution in [3.8, 4) is 5.75 Å². The van der Waals surface area contributed by atoms with Gasteiger partial charge in [-0.05, 0) is 34.7 Å². The van der Waals surface area contributed by atoms with E-state index in [0.717, 1.165) is 42.0 Å². The van der Waals surface area contributed by atoms with Crippen molar-refractivity contribution in [3.63, 3.8) is 0 Å². The first-order valence-corrected chi connectivity index (χ1v) is 15.7. The summed E-state index contributed by atoms with van der Waals surface area (Å²) in [6, 6.07) is 28.0. The first kappa shape index (κ1) is 30.3. The van der Waals surface area contributed by atoms with Gasteiger partial charge in [0.15, 0.2) is 11.4 Å². The van der Waals surface area contributed by atoms with Gasteiger partial charge in [-0.15, -0.1) is 24.2 Å². The number of benzene rings is 3. The van der Waals surface area contributed by atoms with Crippen molar-refractivity contribution in [2.24, 2.45) is 0 Å². The van der Waals surface area contributed by atoms with E-state index >= 15 is 0 Å². The van der Waals surface area contributed by atoms with Crippen LogP contribution in [0.15, 0.2) is 101 Å². The van der Waals surface area contributed by atoms with Gasteiger partial charge in [-0.25, -0.2) is 0 Å². The van der Waals surface area contributed by atoms with E-state index in [2.05, 4.69) is 64.5 Å². The lowest BCUT2D eigenvalue weighted by molar-refractivity contribution is 0.0583. The summed E-state index contributed by atoms with van der Waals surface area (Å²) in [6.45, 7) is 3.84. The summed E-state index contributed by atoms with van der Waals surface area (Å²) < 4.78 is 7.63. The number of aromatic nitrogens is 1. The van der Waals surface area contributed by atoms with Gasteiger partial charge in [0.1, 0.15) is 6.67 Å². The normalized spacial score (nSPS) is 19.5. The van der Waals surface area contributed by atoms with Crippen LogP contribution in [0.25, 0.3) is 0 Å². The Morgan fingerprint density at radius 3 is 2.50 bits per heavy atom. The molecule has 3 aromatic carbocycles. The van der Waals surface area contributed by atoms with Crippen molar-refractivity contribution in [3.05, 3.63) is 129 Å². The molecule has 1 fully saturated rings. The first-order chi connectivity index (χ1) is 21.1. The summed E-state index contributed by atoms with van der Waals surface area (Å²) in [7, 11) is 0. The van der Waals surface area contributed by atoms with Crippen molar-refractivity contribution >= 4 is 30.1 Å². The number of thioether (sulfide) groups is 1. The number of aromatic hydroxyl groups is 1. The number of ether oxygens (including phenoxy) is 1. The largest absolute Gasteiger partial charge is 0.502 e. The molecule has 7 rings (SSSR count). The van der Waals surface area contributed by atoms with Crippen LogP contribution in [0.3, 0.4) is 0 Å². The van der Waals surface area contributed by atoms with Gasteiger partial charge in [0, 0.05) is 48.6 Å². The quantitative estimate of drug-likeness (QED) is 0.288. The molecule has 0 saturated carbocycles. The summed E-state index contributed by atoms with van der Waals surface area (Å²) in [5.74, 6) is 0.0194. The minimum absolute atomic E-state index is 0. The fourth-order valence-electron chi connectivity index (χ4n) is 6.48.